The summed E-state index contributed by atoms with van der Waals surface area (Å²) in [4.78, 5) is 4.15. The topological polar surface area (TPSA) is 24.9 Å². The normalized spacial score (nSPS) is 10.6. The van der Waals surface area contributed by atoms with Crippen LogP contribution in [0.4, 0.5) is 4.39 Å². The standard InChI is InChI=1S/C11H10ClFN2S/c12-10-3-8(1-2-11(10)13)4-14-5-9-6-16-7-15-9/h1-3,6-7,14H,4-5H2. The minimum absolute atomic E-state index is 0.160. The molecule has 0 unspecified atom stereocenters. The van der Waals surface area contributed by atoms with Crippen molar-refractivity contribution in [2.75, 3.05) is 0 Å². The summed E-state index contributed by atoms with van der Waals surface area (Å²) < 4.78 is 12.9. The summed E-state index contributed by atoms with van der Waals surface area (Å²) >= 11 is 7.25. The van der Waals surface area contributed by atoms with Crippen LogP contribution in [0.15, 0.2) is 29.1 Å². The predicted molar refractivity (Wildman–Crippen MR) is 64.1 cm³/mol. The molecule has 0 saturated heterocycles. The molecule has 1 aromatic carbocycles. The number of halogens is 2. The van der Waals surface area contributed by atoms with E-state index in [0.29, 0.717) is 13.1 Å². The fourth-order valence-corrected chi connectivity index (χ4v) is 2.07. The van der Waals surface area contributed by atoms with Crippen molar-refractivity contribution in [3.05, 3.63) is 51.2 Å². The van der Waals surface area contributed by atoms with Gasteiger partial charge in [-0.15, -0.1) is 11.3 Å². The van der Waals surface area contributed by atoms with Crippen molar-refractivity contribution in [1.29, 1.82) is 0 Å². The van der Waals surface area contributed by atoms with Gasteiger partial charge in [0, 0.05) is 18.5 Å². The van der Waals surface area contributed by atoms with Gasteiger partial charge in [0.25, 0.3) is 0 Å². The summed E-state index contributed by atoms with van der Waals surface area (Å²) in [5, 5.41) is 5.36. The molecule has 0 amide bonds. The fraction of sp³-hybridized carbons (Fsp3) is 0.182. The number of aromatic nitrogens is 1. The van der Waals surface area contributed by atoms with E-state index in [1.165, 1.54) is 6.07 Å². The molecule has 5 heteroatoms. The molecule has 2 rings (SSSR count). The van der Waals surface area contributed by atoms with Crippen molar-refractivity contribution in [2.45, 2.75) is 13.1 Å². The third-order valence-electron chi connectivity index (χ3n) is 2.10. The summed E-state index contributed by atoms with van der Waals surface area (Å²) in [5.41, 5.74) is 3.77. The van der Waals surface area contributed by atoms with E-state index in [-0.39, 0.29) is 10.8 Å². The van der Waals surface area contributed by atoms with Gasteiger partial charge in [-0.3, -0.25) is 0 Å². The molecule has 84 valence electrons. The number of hydrogen-bond acceptors (Lipinski definition) is 3. The van der Waals surface area contributed by atoms with E-state index in [1.807, 2.05) is 5.38 Å². The van der Waals surface area contributed by atoms with Gasteiger partial charge in [-0.05, 0) is 17.7 Å². The molecule has 0 aliphatic rings. The lowest BCUT2D eigenvalue weighted by Gasteiger charge is -2.04. The highest BCUT2D eigenvalue weighted by atomic mass is 35.5. The van der Waals surface area contributed by atoms with Crippen molar-refractivity contribution in [3.8, 4) is 0 Å². The van der Waals surface area contributed by atoms with E-state index in [0.717, 1.165) is 11.3 Å². The molecule has 1 aromatic heterocycles. The smallest absolute Gasteiger partial charge is 0.141 e. The summed E-state index contributed by atoms with van der Waals surface area (Å²) in [5.74, 6) is -0.384. The van der Waals surface area contributed by atoms with E-state index in [1.54, 1.807) is 29.0 Å². The molecule has 2 aromatic rings. The fourth-order valence-electron chi connectivity index (χ4n) is 1.31. The Labute approximate surface area is 102 Å². The Morgan fingerprint density at radius 3 is 2.94 bits per heavy atom. The van der Waals surface area contributed by atoms with Gasteiger partial charge in [0.05, 0.1) is 16.2 Å². The van der Waals surface area contributed by atoms with E-state index in [2.05, 4.69) is 10.3 Å². The summed E-state index contributed by atoms with van der Waals surface area (Å²) in [6.07, 6.45) is 0. The highest BCUT2D eigenvalue weighted by molar-refractivity contribution is 7.07. The monoisotopic (exact) mass is 256 g/mol. The van der Waals surface area contributed by atoms with Crippen LogP contribution in [0.1, 0.15) is 11.3 Å². The first-order valence-electron chi connectivity index (χ1n) is 4.77. The number of rotatable bonds is 4. The highest BCUT2D eigenvalue weighted by Gasteiger charge is 2.01. The lowest BCUT2D eigenvalue weighted by atomic mass is 10.2. The van der Waals surface area contributed by atoms with Crippen LogP contribution >= 0.6 is 22.9 Å². The molecule has 1 heterocycles. The van der Waals surface area contributed by atoms with Gasteiger partial charge in [-0.25, -0.2) is 9.37 Å². The van der Waals surface area contributed by atoms with E-state index >= 15 is 0 Å². The Hall–Kier alpha value is -0.970. The maximum atomic E-state index is 12.9. The zero-order chi connectivity index (χ0) is 11.4. The minimum Gasteiger partial charge on any atom is -0.307 e. The van der Waals surface area contributed by atoms with Gasteiger partial charge in [0.1, 0.15) is 5.82 Å². The Balaban J connectivity index is 1.87. The number of nitrogens with zero attached hydrogens (tertiary/aromatic N) is 1. The molecule has 16 heavy (non-hydrogen) atoms. The maximum absolute atomic E-state index is 12.9. The first kappa shape index (κ1) is 11.5. The van der Waals surface area contributed by atoms with Crippen molar-refractivity contribution in [2.24, 2.45) is 0 Å². The summed E-state index contributed by atoms with van der Waals surface area (Å²) in [6.45, 7) is 1.36. The largest absolute Gasteiger partial charge is 0.307 e. The molecular weight excluding hydrogens is 247 g/mol. The highest BCUT2D eigenvalue weighted by Crippen LogP contribution is 2.15. The van der Waals surface area contributed by atoms with Crippen LogP contribution in [0.3, 0.4) is 0 Å². The van der Waals surface area contributed by atoms with Gasteiger partial charge < -0.3 is 5.32 Å². The molecular formula is C11H10ClFN2S. The number of hydrogen-bond donors (Lipinski definition) is 1. The van der Waals surface area contributed by atoms with E-state index in [9.17, 15) is 4.39 Å². The molecule has 0 spiro atoms. The average molecular weight is 257 g/mol. The van der Waals surface area contributed by atoms with Crippen molar-refractivity contribution >= 4 is 22.9 Å². The molecule has 0 aliphatic heterocycles. The van der Waals surface area contributed by atoms with Gasteiger partial charge in [0.2, 0.25) is 0 Å². The lowest BCUT2D eigenvalue weighted by Crippen LogP contribution is -2.12. The van der Waals surface area contributed by atoms with Crippen LogP contribution in [0.25, 0.3) is 0 Å². The molecule has 0 saturated carbocycles. The third kappa shape index (κ3) is 3.01. The van der Waals surface area contributed by atoms with Crippen LogP contribution in [0, 0.1) is 5.82 Å². The Morgan fingerprint density at radius 2 is 2.25 bits per heavy atom. The van der Waals surface area contributed by atoms with Crippen molar-refractivity contribution in [1.82, 2.24) is 10.3 Å². The zero-order valence-electron chi connectivity index (χ0n) is 8.41. The van der Waals surface area contributed by atoms with Crippen LogP contribution in [-0.2, 0) is 13.1 Å². The number of thiazole rings is 1. The zero-order valence-corrected chi connectivity index (χ0v) is 9.98. The Bertz CT molecular complexity index is 459. The first-order chi connectivity index (χ1) is 7.75. The first-order valence-corrected chi connectivity index (χ1v) is 6.09. The molecule has 0 fully saturated rings. The van der Waals surface area contributed by atoms with Gasteiger partial charge in [-0.1, -0.05) is 17.7 Å². The van der Waals surface area contributed by atoms with Crippen LogP contribution in [0.2, 0.25) is 5.02 Å². The van der Waals surface area contributed by atoms with Gasteiger partial charge in [-0.2, -0.15) is 0 Å². The summed E-state index contributed by atoms with van der Waals surface area (Å²) in [7, 11) is 0. The lowest BCUT2D eigenvalue weighted by molar-refractivity contribution is 0.625. The molecule has 0 bridgehead atoms. The number of nitrogens with one attached hydrogen (secondary N) is 1. The predicted octanol–water partition coefficient (Wildman–Crippen LogP) is 3.23. The summed E-state index contributed by atoms with van der Waals surface area (Å²) in [6, 6.07) is 4.72. The van der Waals surface area contributed by atoms with Gasteiger partial charge >= 0.3 is 0 Å². The van der Waals surface area contributed by atoms with E-state index in [4.69, 9.17) is 11.6 Å². The second kappa shape index (κ2) is 5.39. The maximum Gasteiger partial charge on any atom is 0.141 e. The third-order valence-corrected chi connectivity index (χ3v) is 3.03. The minimum atomic E-state index is -0.384. The molecule has 0 aliphatic carbocycles. The molecule has 1 N–H and O–H groups in total. The SMILES string of the molecule is Fc1ccc(CNCc2cscn2)cc1Cl. The van der Waals surface area contributed by atoms with Crippen LogP contribution in [0.5, 0.6) is 0 Å². The Morgan fingerprint density at radius 1 is 1.38 bits per heavy atom. The number of benzene rings is 1. The molecule has 0 radical (unpaired) electrons. The van der Waals surface area contributed by atoms with Crippen LogP contribution in [-0.4, -0.2) is 4.98 Å². The van der Waals surface area contributed by atoms with Crippen molar-refractivity contribution < 1.29 is 4.39 Å². The van der Waals surface area contributed by atoms with Gasteiger partial charge in [0.15, 0.2) is 0 Å². The van der Waals surface area contributed by atoms with Crippen molar-refractivity contribution in [3.63, 3.8) is 0 Å². The Kier molecular flexibility index (Phi) is 3.88. The second-order valence-corrected chi connectivity index (χ2v) is 4.46. The van der Waals surface area contributed by atoms with E-state index < -0.39 is 0 Å². The molecule has 0 atom stereocenters. The quantitative estimate of drug-likeness (QED) is 0.909. The second-order valence-electron chi connectivity index (χ2n) is 3.33. The van der Waals surface area contributed by atoms with Crippen LogP contribution < -0.4 is 5.32 Å². The molecule has 2 nitrogen and oxygen atoms in total. The average Bonchev–Trinajstić information content (AvgIpc) is 2.76.